The third-order valence-corrected chi connectivity index (χ3v) is 7.12. The second kappa shape index (κ2) is 11.6. The first-order valence-corrected chi connectivity index (χ1v) is 12.7. The lowest BCUT2D eigenvalue weighted by Gasteiger charge is -2.37. The molecule has 0 amide bonds. The van der Waals surface area contributed by atoms with Gasteiger partial charge in [-0.3, -0.25) is 4.79 Å². The number of hydrogen-bond donors (Lipinski definition) is 1. The number of Topliss-reactive ketones (excluding diaryl/α,β-unsaturated/α-hetero) is 1. The molecule has 8 nitrogen and oxygen atoms in total. The number of hydrogen-bond acceptors (Lipinski definition) is 8. The van der Waals surface area contributed by atoms with E-state index in [4.69, 9.17) is 23.7 Å². The average Bonchev–Trinajstić information content (AvgIpc) is 2.94. The summed E-state index contributed by atoms with van der Waals surface area (Å²) in [4.78, 5) is 27.2. The van der Waals surface area contributed by atoms with Crippen molar-refractivity contribution < 1.29 is 33.3 Å². The van der Waals surface area contributed by atoms with Gasteiger partial charge in [-0.1, -0.05) is 19.1 Å². The zero-order valence-electron chi connectivity index (χ0n) is 22.8. The van der Waals surface area contributed by atoms with Crippen LogP contribution < -0.4 is 24.3 Å². The summed E-state index contributed by atoms with van der Waals surface area (Å²) in [5.74, 6) is 1.24. The van der Waals surface area contributed by atoms with Crippen molar-refractivity contribution in [1.29, 1.82) is 0 Å². The summed E-state index contributed by atoms with van der Waals surface area (Å²) >= 11 is 0. The molecule has 4 rings (SSSR count). The first kappa shape index (κ1) is 27.1. The summed E-state index contributed by atoms with van der Waals surface area (Å²) in [5.41, 5.74) is 4.14. The minimum atomic E-state index is -0.629. The molecule has 2 aliphatic rings. The summed E-state index contributed by atoms with van der Waals surface area (Å²) in [6, 6.07) is 11.2. The number of nitrogens with one attached hydrogen (secondary N) is 1. The number of dihydropyridines is 1. The summed E-state index contributed by atoms with van der Waals surface area (Å²) in [5, 5.41) is 3.38. The van der Waals surface area contributed by atoms with E-state index >= 15 is 0 Å². The van der Waals surface area contributed by atoms with Gasteiger partial charge >= 0.3 is 5.97 Å². The molecule has 202 valence electrons. The smallest absolute Gasteiger partial charge is 0.336 e. The normalized spacial score (nSPS) is 18.9. The van der Waals surface area contributed by atoms with Gasteiger partial charge in [-0.15, -0.1) is 0 Å². The van der Waals surface area contributed by atoms with E-state index < -0.39 is 11.9 Å². The number of methoxy groups -OCH3 is 4. The van der Waals surface area contributed by atoms with Crippen LogP contribution in [0.5, 0.6) is 23.0 Å². The Morgan fingerprint density at radius 1 is 0.921 bits per heavy atom. The number of carbonyl (C=O) groups is 2. The van der Waals surface area contributed by atoms with E-state index in [2.05, 4.69) is 5.32 Å². The topological polar surface area (TPSA) is 92.3 Å². The second-order valence-electron chi connectivity index (χ2n) is 9.38. The molecular weight excluding hydrogens is 486 g/mol. The van der Waals surface area contributed by atoms with Crippen molar-refractivity contribution >= 4 is 11.8 Å². The van der Waals surface area contributed by atoms with Crippen molar-refractivity contribution in [3.05, 3.63) is 70.1 Å². The maximum Gasteiger partial charge on any atom is 0.336 e. The van der Waals surface area contributed by atoms with Crippen LogP contribution in [-0.4, -0.2) is 46.8 Å². The largest absolute Gasteiger partial charge is 0.497 e. The van der Waals surface area contributed by atoms with Gasteiger partial charge < -0.3 is 29.0 Å². The van der Waals surface area contributed by atoms with Gasteiger partial charge in [0.1, 0.15) is 11.5 Å². The van der Waals surface area contributed by atoms with Crippen LogP contribution in [-0.2, 0) is 14.3 Å². The van der Waals surface area contributed by atoms with Crippen LogP contribution in [0.1, 0.15) is 56.1 Å². The van der Waals surface area contributed by atoms with Gasteiger partial charge in [0.05, 0.1) is 46.5 Å². The SMILES string of the molecule is CCCOC(=O)C1=C(C)NC2=C(C(=O)C[C@@H](c3ccc(OC)c(OC)c3)C2)[C@@H]1c1ccc(OC)cc1OC. The number of ketones is 1. The zero-order chi connectivity index (χ0) is 27.4. The fourth-order valence-corrected chi connectivity index (χ4v) is 5.29. The molecule has 0 saturated carbocycles. The van der Waals surface area contributed by atoms with Crippen LogP contribution in [0.3, 0.4) is 0 Å². The summed E-state index contributed by atoms with van der Waals surface area (Å²) < 4.78 is 27.5. The fraction of sp³-hybridized carbons (Fsp3) is 0.400. The summed E-state index contributed by atoms with van der Waals surface area (Å²) in [6.07, 6.45) is 1.59. The molecule has 0 aromatic heterocycles. The highest BCUT2D eigenvalue weighted by molar-refractivity contribution is 6.04. The molecule has 2 aromatic rings. The molecule has 2 aromatic carbocycles. The molecule has 0 fully saturated rings. The number of rotatable bonds is 9. The van der Waals surface area contributed by atoms with E-state index in [1.165, 1.54) is 0 Å². The lowest BCUT2D eigenvalue weighted by molar-refractivity contribution is -0.139. The third kappa shape index (κ3) is 5.08. The van der Waals surface area contributed by atoms with Crippen molar-refractivity contribution in [3.63, 3.8) is 0 Å². The van der Waals surface area contributed by atoms with E-state index in [9.17, 15) is 9.59 Å². The van der Waals surface area contributed by atoms with Crippen LogP contribution in [0, 0.1) is 0 Å². The molecule has 8 heteroatoms. The molecule has 1 heterocycles. The van der Waals surface area contributed by atoms with Crippen LogP contribution in [0.15, 0.2) is 58.9 Å². The first-order valence-electron chi connectivity index (χ1n) is 12.7. The van der Waals surface area contributed by atoms with Crippen molar-refractivity contribution in [2.24, 2.45) is 0 Å². The zero-order valence-corrected chi connectivity index (χ0v) is 22.8. The number of esters is 1. The van der Waals surface area contributed by atoms with Crippen LogP contribution in [0.25, 0.3) is 0 Å². The molecule has 0 radical (unpaired) electrons. The van der Waals surface area contributed by atoms with Crippen molar-refractivity contribution in [1.82, 2.24) is 5.32 Å². The van der Waals surface area contributed by atoms with E-state index in [1.807, 2.05) is 44.2 Å². The highest BCUT2D eigenvalue weighted by Crippen LogP contribution is 2.48. The Morgan fingerprint density at radius 3 is 2.32 bits per heavy atom. The number of benzene rings is 2. The van der Waals surface area contributed by atoms with E-state index in [-0.39, 0.29) is 11.7 Å². The molecule has 1 N–H and O–H groups in total. The molecule has 1 aliphatic carbocycles. The minimum absolute atomic E-state index is 0.0327. The highest BCUT2D eigenvalue weighted by atomic mass is 16.5. The lowest BCUT2D eigenvalue weighted by atomic mass is 9.71. The van der Waals surface area contributed by atoms with Crippen molar-refractivity contribution in [3.8, 4) is 23.0 Å². The summed E-state index contributed by atoms with van der Waals surface area (Å²) in [6.45, 7) is 4.08. The lowest BCUT2D eigenvalue weighted by Crippen LogP contribution is -2.36. The van der Waals surface area contributed by atoms with Gasteiger partial charge in [0.25, 0.3) is 0 Å². The molecule has 38 heavy (non-hydrogen) atoms. The van der Waals surface area contributed by atoms with Crippen molar-refractivity contribution in [2.75, 3.05) is 35.0 Å². The standard InChI is InChI=1S/C30H35NO7/c1-7-12-38-30(33)27-17(2)31-22-13-19(18-8-11-24(35-4)26(15-18)37-6)14-23(32)29(22)28(27)21-10-9-20(34-3)16-25(21)36-5/h8-11,15-16,19,28,31H,7,12-14H2,1-6H3/t19-,28+/m0/s1. The number of allylic oxidation sites excluding steroid dienone is 3. The van der Waals surface area contributed by atoms with Crippen LogP contribution >= 0.6 is 0 Å². The van der Waals surface area contributed by atoms with Gasteiger partial charge in [0, 0.05) is 35.0 Å². The van der Waals surface area contributed by atoms with Gasteiger partial charge in [-0.2, -0.15) is 0 Å². The molecule has 1 aliphatic heterocycles. The number of carbonyl (C=O) groups excluding carboxylic acids is 2. The molecule has 2 atom stereocenters. The number of ether oxygens (including phenoxy) is 5. The Balaban J connectivity index is 1.81. The Bertz CT molecular complexity index is 1290. The Labute approximate surface area is 223 Å². The molecule has 0 saturated heterocycles. The first-order chi connectivity index (χ1) is 18.4. The third-order valence-electron chi connectivity index (χ3n) is 7.12. The highest BCUT2D eigenvalue weighted by Gasteiger charge is 2.42. The van der Waals surface area contributed by atoms with E-state index in [1.54, 1.807) is 34.5 Å². The van der Waals surface area contributed by atoms with Crippen molar-refractivity contribution in [2.45, 2.75) is 44.9 Å². The molecule has 0 bridgehead atoms. The maximum absolute atomic E-state index is 13.9. The van der Waals surface area contributed by atoms with E-state index in [0.29, 0.717) is 71.3 Å². The van der Waals surface area contributed by atoms with Crippen LogP contribution in [0.4, 0.5) is 0 Å². The predicted octanol–water partition coefficient (Wildman–Crippen LogP) is 5.04. The van der Waals surface area contributed by atoms with Crippen LogP contribution in [0.2, 0.25) is 0 Å². The van der Waals surface area contributed by atoms with Gasteiger partial charge in [0.2, 0.25) is 0 Å². The quantitative estimate of drug-likeness (QED) is 0.459. The molecular formula is C30H35NO7. The molecule has 0 unspecified atom stereocenters. The van der Waals surface area contributed by atoms with Gasteiger partial charge in [0.15, 0.2) is 17.3 Å². The Kier molecular flexibility index (Phi) is 8.29. The predicted molar refractivity (Wildman–Crippen MR) is 143 cm³/mol. The average molecular weight is 522 g/mol. The molecule has 0 spiro atoms. The van der Waals surface area contributed by atoms with Gasteiger partial charge in [-0.25, -0.2) is 4.79 Å². The monoisotopic (exact) mass is 521 g/mol. The Morgan fingerprint density at radius 2 is 1.66 bits per heavy atom. The Hall–Kier alpha value is -3.94. The fourth-order valence-electron chi connectivity index (χ4n) is 5.29. The van der Waals surface area contributed by atoms with Gasteiger partial charge in [-0.05, 0) is 49.4 Å². The second-order valence-corrected chi connectivity index (χ2v) is 9.38. The van der Waals surface area contributed by atoms with E-state index in [0.717, 1.165) is 11.3 Å². The maximum atomic E-state index is 13.9. The minimum Gasteiger partial charge on any atom is -0.497 e. The summed E-state index contributed by atoms with van der Waals surface area (Å²) in [7, 11) is 6.33.